The number of carbonyl (C=O) groups is 2. The van der Waals surface area contributed by atoms with E-state index in [0.29, 0.717) is 11.4 Å². The molecule has 2 aromatic carbocycles. The van der Waals surface area contributed by atoms with E-state index in [-0.39, 0.29) is 24.2 Å². The third-order valence-corrected chi connectivity index (χ3v) is 6.80. The summed E-state index contributed by atoms with van der Waals surface area (Å²) in [6.07, 6.45) is 2.32. The quantitative estimate of drug-likeness (QED) is 0.519. The smallest absolute Gasteiger partial charge is 0.244 e. The van der Waals surface area contributed by atoms with Crippen molar-refractivity contribution >= 4 is 39.1 Å². The highest BCUT2D eigenvalue weighted by atomic mass is 35.5. The molecular formula is C24H32ClN3O4S. The molecule has 180 valence electrons. The van der Waals surface area contributed by atoms with Crippen LogP contribution in [0.5, 0.6) is 0 Å². The van der Waals surface area contributed by atoms with Crippen molar-refractivity contribution in [3.05, 3.63) is 65.2 Å². The van der Waals surface area contributed by atoms with Crippen LogP contribution in [0.3, 0.4) is 0 Å². The van der Waals surface area contributed by atoms with Crippen molar-refractivity contribution < 1.29 is 18.0 Å². The van der Waals surface area contributed by atoms with Gasteiger partial charge in [-0.25, -0.2) is 8.42 Å². The zero-order chi connectivity index (χ0) is 24.6. The van der Waals surface area contributed by atoms with Crippen LogP contribution in [-0.4, -0.2) is 56.6 Å². The molecule has 0 radical (unpaired) electrons. The van der Waals surface area contributed by atoms with Crippen LogP contribution < -0.4 is 9.62 Å². The predicted octanol–water partition coefficient (Wildman–Crippen LogP) is 3.48. The zero-order valence-corrected chi connectivity index (χ0v) is 21.1. The highest BCUT2D eigenvalue weighted by Crippen LogP contribution is 2.22. The van der Waals surface area contributed by atoms with Gasteiger partial charge in [0.1, 0.15) is 12.6 Å². The molecule has 33 heavy (non-hydrogen) atoms. The molecule has 0 bridgehead atoms. The summed E-state index contributed by atoms with van der Waals surface area (Å²) in [6, 6.07) is 15.1. The number of benzene rings is 2. The van der Waals surface area contributed by atoms with Crippen molar-refractivity contribution in [2.45, 2.75) is 45.7 Å². The largest absolute Gasteiger partial charge is 0.352 e. The van der Waals surface area contributed by atoms with Crippen LogP contribution >= 0.6 is 11.6 Å². The van der Waals surface area contributed by atoms with Gasteiger partial charge >= 0.3 is 0 Å². The lowest BCUT2D eigenvalue weighted by atomic mass is 10.1. The van der Waals surface area contributed by atoms with E-state index < -0.39 is 28.5 Å². The predicted molar refractivity (Wildman–Crippen MR) is 133 cm³/mol. The van der Waals surface area contributed by atoms with Gasteiger partial charge in [0.2, 0.25) is 21.8 Å². The number of rotatable bonds is 11. The van der Waals surface area contributed by atoms with E-state index in [4.69, 9.17) is 11.6 Å². The first kappa shape index (κ1) is 26.7. The Bertz CT molecular complexity index is 1050. The molecule has 7 nitrogen and oxygen atoms in total. The van der Waals surface area contributed by atoms with Crippen LogP contribution in [0.4, 0.5) is 5.69 Å². The van der Waals surface area contributed by atoms with Gasteiger partial charge in [-0.1, -0.05) is 54.9 Å². The van der Waals surface area contributed by atoms with Crippen molar-refractivity contribution in [1.29, 1.82) is 0 Å². The minimum Gasteiger partial charge on any atom is -0.352 e. The van der Waals surface area contributed by atoms with Gasteiger partial charge in [-0.2, -0.15) is 0 Å². The lowest BCUT2D eigenvalue weighted by molar-refractivity contribution is -0.139. The number of hydrogen-bond acceptors (Lipinski definition) is 4. The molecule has 0 fully saturated rings. The standard InChI is InChI=1S/C24H32ClN3O4S/c1-5-18(2)26-24(30)19(3)27(15-14-20-10-7-6-8-11-20)23(29)17-28(33(4,31)32)22-13-9-12-21(25)16-22/h6-13,16,18-19H,5,14-15,17H2,1-4H3,(H,26,30)/t18-,19-/m0/s1. The molecule has 0 aliphatic heterocycles. The maximum Gasteiger partial charge on any atom is 0.244 e. The van der Waals surface area contributed by atoms with Gasteiger partial charge < -0.3 is 10.2 Å². The van der Waals surface area contributed by atoms with Gasteiger partial charge in [-0.05, 0) is 50.5 Å². The average molecular weight is 494 g/mol. The summed E-state index contributed by atoms with van der Waals surface area (Å²) in [5.74, 6) is -0.748. The minimum absolute atomic E-state index is 0.0370. The van der Waals surface area contributed by atoms with E-state index in [1.54, 1.807) is 25.1 Å². The topological polar surface area (TPSA) is 86.8 Å². The molecule has 2 rings (SSSR count). The Morgan fingerprint density at radius 2 is 1.73 bits per heavy atom. The summed E-state index contributed by atoms with van der Waals surface area (Å²) >= 11 is 6.04. The Morgan fingerprint density at radius 3 is 2.30 bits per heavy atom. The van der Waals surface area contributed by atoms with Crippen molar-refractivity contribution in [2.75, 3.05) is 23.7 Å². The number of halogens is 1. The van der Waals surface area contributed by atoms with Crippen molar-refractivity contribution in [3.8, 4) is 0 Å². The summed E-state index contributed by atoms with van der Waals surface area (Å²) in [4.78, 5) is 27.6. The second-order valence-corrected chi connectivity index (χ2v) is 10.4. The van der Waals surface area contributed by atoms with Gasteiger partial charge in [-0.3, -0.25) is 13.9 Å². The van der Waals surface area contributed by atoms with E-state index >= 15 is 0 Å². The van der Waals surface area contributed by atoms with E-state index in [1.165, 1.54) is 11.0 Å². The van der Waals surface area contributed by atoms with E-state index in [0.717, 1.165) is 22.5 Å². The molecule has 2 aromatic rings. The van der Waals surface area contributed by atoms with E-state index in [2.05, 4.69) is 5.32 Å². The van der Waals surface area contributed by atoms with Crippen LogP contribution in [0, 0.1) is 0 Å². The Labute approximate surface area is 201 Å². The number of carbonyl (C=O) groups excluding carboxylic acids is 2. The van der Waals surface area contributed by atoms with Crippen LogP contribution in [0.25, 0.3) is 0 Å². The van der Waals surface area contributed by atoms with Gasteiger partial charge in [0.15, 0.2) is 0 Å². The Kier molecular flexibility index (Phi) is 9.73. The lowest BCUT2D eigenvalue weighted by Gasteiger charge is -2.32. The summed E-state index contributed by atoms with van der Waals surface area (Å²) in [6.45, 7) is 5.35. The fourth-order valence-electron chi connectivity index (χ4n) is 3.28. The van der Waals surface area contributed by atoms with Crippen LogP contribution in [0.15, 0.2) is 54.6 Å². The number of hydrogen-bond donors (Lipinski definition) is 1. The summed E-state index contributed by atoms with van der Waals surface area (Å²) in [5, 5.41) is 3.26. The van der Waals surface area contributed by atoms with E-state index in [9.17, 15) is 18.0 Å². The van der Waals surface area contributed by atoms with Crippen LogP contribution in [0.2, 0.25) is 5.02 Å². The molecule has 0 heterocycles. The number of amides is 2. The Morgan fingerprint density at radius 1 is 1.06 bits per heavy atom. The number of nitrogens with one attached hydrogen (secondary N) is 1. The van der Waals surface area contributed by atoms with Crippen molar-refractivity contribution in [1.82, 2.24) is 10.2 Å². The van der Waals surface area contributed by atoms with Gasteiger partial charge in [0, 0.05) is 17.6 Å². The fourth-order valence-corrected chi connectivity index (χ4v) is 4.31. The maximum atomic E-state index is 13.4. The first-order valence-electron chi connectivity index (χ1n) is 10.9. The zero-order valence-electron chi connectivity index (χ0n) is 19.5. The fraction of sp³-hybridized carbons (Fsp3) is 0.417. The van der Waals surface area contributed by atoms with Crippen LogP contribution in [0.1, 0.15) is 32.8 Å². The molecule has 9 heteroatoms. The van der Waals surface area contributed by atoms with Gasteiger partial charge in [0.05, 0.1) is 11.9 Å². The second-order valence-electron chi connectivity index (χ2n) is 8.07. The Hall–Kier alpha value is -2.58. The second kappa shape index (κ2) is 12.0. The Balaban J connectivity index is 2.30. The number of sulfonamides is 1. The average Bonchev–Trinajstić information content (AvgIpc) is 2.77. The first-order valence-corrected chi connectivity index (χ1v) is 13.1. The number of anilines is 1. The maximum absolute atomic E-state index is 13.4. The molecule has 0 spiro atoms. The minimum atomic E-state index is -3.77. The van der Waals surface area contributed by atoms with Crippen molar-refractivity contribution in [2.24, 2.45) is 0 Å². The van der Waals surface area contributed by atoms with Crippen LogP contribution in [-0.2, 0) is 26.0 Å². The number of nitrogens with zero attached hydrogens (tertiary/aromatic N) is 2. The molecule has 0 aliphatic rings. The molecule has 0 unspecified atom stereocenters. The molecule has 0 saturated heterocycles. The van der Waals surface area contributed by atoms with Gasteiger partial charge in [-0.15, -0.1) is 0 Å². The van der Waals surface area contributed by atoms with Crippen molar-refractivity contribution in [3.63, 3.8) is 0 Å². The SMILES string of the molecule is CC[C@H](C)NC(=O)[C@H](C)N(CCc1ccccc1)C(=O)CN(c1cccc(Cl)c1)S(C)(=O)=O. The molecule has 2 amide bonds. The first-order chi connectivity index (χ1) is 15.5. The third-order valence-electron chi connectivity index (χ3n) is 5.43. The van der Waals surface area contributed by atoms with E-state index in [1.807, 2.05) is 44.2 Å². The summed E-state index contributed by atoms with van der Waals surface area (Å²) < 4.78 is 26.0. The third kappa shape index (κ3) is 8.05. The molecule has 0 aromatic heterocycles. The highest BCUT2D eigenvalue weighted by molar-refractivity contribution is 7.92. The summed E-state index contributed by atoms with van der Waals surface area (Å²) in [7, 11) is -3.77. The molecule has 1 N–H and O–H groups in total. The normalized spacial score (nSPS) is 13.1. The summed E-state index contributed by atoms with van der Waals surface area (Å²) in [5.41, 5.74) is 1.30. The monoisotopic (exact) mass is 493 g/mol. The van der Waals surface area contributed by atoms with Gasteiger partial charge in [0.25, 0.3) is 0 Å². The molecular weight excluding hydrogens is 462 g/mol. The molecule has 2 atom stereocenters. The molecule has 0 aliphatic carbocycles. The highest BCUT2D eigenvalue weighted by Gasteiger charge is 2.30. The lowest BCUT2D eigenvalue weighted by Crippen LogP contribution is -2.53. The molecule has 0 saturated carbocycles.